The van der Waals surface area contributed by atoms with Crippen molar-refractivity contribution in [2.24, 2.45) is 0 Å². The molecule has 4 nitrogen and oxygen atoms in total. The first-order valence-corrected chi connectivity index (χ1v) is 12.3. The van der Waals surface area contributed by atoms with Gasteiger partial charge in [-0.2, -0.15) is 13.2 Å². The molecule has 0 aliphatic carbocycles. The highest BCUT2D eigenvalue weighted by Gasteiger charge is 2.34. The summed E-state index contributed by atoms with van der Waals surface area (Å²) < 4.78 is 40.1. The molecule has 4 rings (SSSR count). The number of piperidine rings is 1. The van der Waals surface area contributed by atoms with Crippen LogP contribution in [0.5, 0.6) is 0 Å². The van der Waals surface area contributed by atoms with Crippen LogP contribution in [0.1, 0.15) is 68.6 Å². The number of fused-ring (bicyclic) bond motifs is 1. The number of anilines is 1. The summed E-state index contributed by atoms with van der Waals surface area (Å²) >= 11 is 0. The van der Waals surface area contributed by atoms with Gasteiger partial charge >= 0.3 is 6.18 Å². The summed E-state index contributed by atoms with van der Waals surface area (Å²) in [7, 11) is 0. The van der Waals surface area contributed by atoms with E-state index in [0.717, 1.165) is 67.6 Å². The van der Waals surface area contributed by atoms with Gasteiger partial charge in [0, 0.05) is 52.4 Å². The maximum Gasteiger partial charge on any atom is 0.416 e. The summed E-state index contributed by atoms with van der Waals surface area (Å²) in [6.45, 7) is 11.3. The van der Waals surface area contributed by atoms with Crippen molar-refractivity contribution in [1.29, 1.82) is 0 Å². The molecule has 0 saturated carbocycles. The summed E-state index contributed by atoms with van der Waals surface area (Å²) in [5.41, 5.74) is 1.97. The number of aromatic amines is 1. The zero-order valence-electron chi connectivity index (χ0n) is 20.9. The number of hydrogen-bond donors (Lipinski definition) is 1. The standard InChI is InChI=1S/C28H34F3N3O/c1-5-13-33-14-11-22(12-15-33)34(26(35)19-7-6-8-21(16-19)28(29,30)31)23-9-10-24-20(17-23)18-25(32-24)27(2,3)4/h6-10,16-18,22,32H,5,11-15H2,1-4H3. The molecule has 1 amide bonds. The van der Waals surface area contributed by atoms with E-state index < -0.39 is 17.6 Å². The Bertz CT molecular complexity index is 1180. The SMILES string of the molecule is CCCN1CCC(N(C(=O)c2cccc(C(F)(F)F)c2)c2ccc3[nH]c(C(C)(C)C)cc3c2)CC1. The number of nitrogens with zero attached hydrogens (tertiary/aromatic N) is 2. The molecular weight excluding hydrogens is 451 g/mol. The molecule has 0 atom stereocenters. The van der Waals surface area contributed by atoms with Gasteiger partial charge in [-0.1, -0.05) is 33.8 Å². The minimum absolute atomic E-state index is 0.0559. The molecular formula is C28H34F3N3O. The first-order valence-electron chi connectivity index (χ1n) is 12.3. The van der Waals surface area contributed by atoms with E-state index in [-0.39, 0.29) is 17.0 Å². The molecule has 2 heterocycles. The van der Waals surface area contributed by atoms with E-state index in [1.807, 2.05) is 18.2 Å². The van der Waals surface area contributed by atoms with E-state index in [1.54, 1.807) is 4.90 Å². The zero-order valence-corrected chi connectivity index (χ0v) is 20.9. The zero-order chi connectivity index (χ0) is 25.4. The fraction of sp³-hybridized carbons (Fsp3) is 0.464. The van der Waals surface area contributed by atoms with Crippen LogP contribution in [-0.4, -0.2) is 41.5 Å². The van der Waals surface area contributed by atoms with Crippen molar-refractivity contribution in [3.05, 3.63) is 65.4 Å². The monoisotopic (exact) mass is 485 g/mol. The van der Waals surface area contributed by atoms with Crippen LogP contribution in [0.4, 0.5) is 18.9 Å². The number of nitrogens with one attached hydrogen (secondary N) is 1. The van der Waals surface area contributed by atoms with E-state index in [9.17, 15) is 18.0 Å². The van der Waals surface area contributed by atoms with E-state index in [0.29, 0.717) is 5.69 Å². The van der Waals surface area contributed by atoms with Crippen LogP contribution in [0.2, 0.25) is 0 Å². The maximum atomic E-state index is 13.8. The molecule has 1 aliphatic rings. The molecule has 188 valence electrons. The molecule has 3 aromatic rings. The number of rotatable bonds is 5. The van der Waals surface area contributed by atoms with Crippen LogP contribution in [-0.2, 0) is 11.6 Å². The molecule has 1 aromatic heterocycles. The lowest BCUT2D eigenvalue weighted by atomic mass is 9.92. The Hall–Kier alpha value is -2.80. The highest BCUT2D eigenvalue weighted by atomic mass is 19.4. The predicted octanol–water partition coefficient (Wildman–Crippen LogP) is 7.01. The molecule has 0 unspecified atom stereocenters. The number of aromatic nitrogens is 1. The van der Waals surface area contributed by atoms with Crippen molar-refractivity contribution in [3.63, 3.8) is 0 Å². The van der Waals surface area contributed by atoms with Crippen molar-refractivity contribution in [3.8, 4) is 0 Å². The van der Waals surface area contributed by atoms with Crippen molar-refractivity contribution >= 4 is 22.5 Å². The Labute approximate surface area is 205 Å². The largest absolute Gasteiger partial charge is 0.416 e. The Morgan fingerprint density at radius 3 is 2.40 bits per heavy atom. The summed E-state index contributed by atoms with van der Waals surface area (Å²) in [4.78, 5) is 21.3. The quantitative estimate of drug-likeness (QED) is 0.422. The second-order valence-electron chi connectivity index (χ2n) is 10.5. The number of amides is 1. The molecule has 0 radical (unpaired) electrons. The fourth-order valence-corrected chi connectivity index (χ4v) is 4.85. The van der Waals surface area contributed by atoms with Crippen LogP contribution in [0.3, 0.4) is 0 Å². The number of likely N-dealkylation sites (tertiary alicyclic amines) is 1. The smallest absolute Gasteiger partial charge is 0.358 e. The van der Waals surface area contributed by atoms with E-state index in [2.05, 4.69) is 43.6 Å². The first kappa shape index (κ1) is 25.3. The van der Waals surface area contributed by atoms with Crippen LogP contribution in [0.25, 0.3) is 10.9 Å². The van der Waals surface area contributed by atoms with Gasteiger partial charge in [0.15, 0.2) is 0 Å². The summed E-state index contributed by atoms with van der Waals surface area (Å²) in [5.74, 6) is -0.393. The third-order valence-electron chi connectivity index (χ3n) is 6.81. The second-order valence-corrected chi connectivity index (χ2v) is 10.5. The van der Waals surface area contributed by atoms with Gasteiger partial charge in [0.1, 0.15) is 0 Å². The normalized spacial score (nSPS) is 16.1. The lowest BCUT2D eigenvalue weighted by Gasteiger charge is -2.38. The average Bonchev–Trinajstić information content (AvgIpc) is 3.24. The van der Waals surface area contributed by atoms with E-state index >= 15 is 0 Å². The van der Waals surface area contributed by atoms with Crippen LogP contribution in [0.15, 0.2) is 48.5 Å². The Balaban J connectivity index is 1.73. The lowest BCUT2D eigenvalue weighted by Crippen LogP contribution is -2.48. The number of halogens is 3. The average molecular weight is 486 g/mol. The number of hydrogen-bond acceptors (Lipinski definition) is 2. The van der Waals surface area contributed by atoms with Gasteiger partial charge in [-0.15, -0.1) is 0 Å². The van der Waals surface area contributed by atoms with Crippen LogP contribution < -0.4 is 4.90 Å². The second kappa shape index (κ2) is 9.69. The minimum Gasteiger partial charge on any atom is -0.358 e. The number of benzene rings is 2. The van der Waals surface area contributed by atoms with Gasteiger partial charge in [0.25, 0.3) is 5.91 Å². The van der Waals surface area contributed by atoms with Crippen molar-refractivity contribution < 1.29 is 18.0 Å². The molecule has 7 heteroatoms. The highest BCUT2D eigenvalue weighted by molar-refractivity contribution is 6.07. The van der Waals surface area contributed by atoms with E-state index in [1.165, 1.54) is 12.1 Å². The van der Waals surface area contributed by atoms with Gasteiger partial charge < -0.3 is 14.8 Å². The number of carbonyl (C=O) groups excluding carboxylic acids is 1. The van der Waals surface area contributed by atoms with Crippen LogP contribution in [0, 0.1) is 0 Å². The van der Waals surface area contributed by atoms with E-state index in [4.69, 9.17) is 0 Å². The molecule has 1 aliphatic heterocycles. The molecule has 0 spiro atoms. The molecule has 2 aromatic carbocycles. The maximum absolute atomic E-state index is 13.8. The van der Waals surface area contributed by atoms with Gasteiger partial charge in [0.2, 0.25) is 0 Å². The fourth-order valence-electron chi connectivity index (χ4n) is 4.85. The molecule has 1 N–H and O–H groups in total. The number of carbonyl (C=O) groups is 1. The minimum atomic E-state index is -4.50. The summed E-state index contributed by atoms with van der Waals surface area (Å²) in [5, 5.41) is 0.984. The highest BCUT2D eigenvalue weighted by Crippen LogP contribution is 2.33. The molecule has 1 fully saturated rings. The topological polar surface area (TPSA) is 39.3 Å². The Morgan fingerprint density at radius 2 is 1.77 bits per heavy atom. The van der Waals surface area contributed by atoms with Gasteiger partial charge in [-0.05, 0) is 68.3 Å². The molecule has 0 bridgehead atoms. The third kappa shape index (κ3) is 5.56. The van der Waals surface area contributed by atoms with Gasteiger partial charge in [-0.3, -0.25) is 4.79 Å². The molecule has 35 heavy (non-hydrogen) atoms. The van der Waals surface area contributed by atoms with Gasteiger partial charge in [-0.25, -0.2) is 0 Å². The lowest BCUT2D eigenvalue weighted by molar-refractivity contribution is -0.137. The van der Waals surface area contributed by atoms with Gasteiger partial charge in [0.05, 0.1) is 5.56 Å². The van der Waals surface area contributed by atoms with Crippen LogP contribution >= 0.6 is 0 Å². The predicted molar refractivity (Wildman–Crippen MR) is 135 cm³/mol. The summed E-state index contributed by atoms with van der Waals surface area (Å²) in [6, 6.07) is 12.6. The van der Waals surface area contributed by atoms with Crippen molar-refractivity contribution in [1.82, 2.24) is 9.88 Å². The molecule has 1 saturated heterocycles. The number of alkyl halides is 3. The third-order valence-corrected chi connectivity index (χ3v) is 6.81. The van der Waals surface area contributed by atoms with Crippen molar-refractivity contribution in [2.45, 2.75) is 64.6 Å². The first-order chi connectivity index (χ1) is 16.5. The number of H-pyrrole nitrogens is 1. The Kier molecular flexibility index (Phi) is 7.00. The summed E-state index contributed by atoms with van der Waals surface area (Å²) in [6.07, 6.45) is -1.87. The van der Waals surface area contributed by atoms with Crippen molar-refractivity contribution in [2.75, 3.05) is 24.5 Å². The Morgan fingerprint density at radius 1 is 1.06 bits per heavy atom.